The molecule has 3 amide bonds. The van der Waals surface area contributed by atoms with Crippen LogP contribution in [0, 0.1) is 5.82 Å². The zero-order valence-electron chi connectivity index (χ0n) is 19.9. The van der Waals surface area contributed by atoms with Crippen LogP contribution in [0.5, 0.6) is 0 Å². The molecule has 0 radical (unpaired) electrons. The van der Waals surface area contributed by atoms with E-state index in [9.17, 15) is 23.6 Å². The average molecular weight is 489 g/mol. The zero-order valence-corrected chi connectivity index (χ0v) is 19.9. The van der Waals surface area contributed by atoms with Gasteiger partial charge in [-0.25, -0.2) is 14.1 Å². The zero-order chi connectivity index (χ0) is 25.8. The number of halogens is 1. The summed E-state index contributed by atoms with van der Waals surface area (Å²) in [4.78, 5) is 54.4. The van der Waals surface area contributed by atoms with Crippen LogP contribution in [0.2, 0.25) is 0 Å². The van der Waals surface area contributed by atoms with Crippen molar-refractivity contribution in [3.05, 3.63) is 101 Å². The van der Waals surface area contributed by atoms with E-state index in [1.807, 2.05) is 6.07 Å². The quantitative estimate of drug-likeness (QED) is 0.360. The number of hydrogen-bond acceptors (Lipinski definition) is 5. The Morgan fingerprint density at radius 1 is 1.00 bits per heavy atom. The second-order valence-electron chi connectivity index (χ2n) is 8.33. The van der Waals surface area contributed by atoms with Gasteiger partial charge in [-0.1, -0.05) is 42.5 Å². The largest absolute Gasteiger partial charge is 0.462 e. The van der Waals surface area contributed by atoms with Crippen LogP contribution in [-0.2, 0) is 14.3 Å². The maximum absolute atomic E-state index is 14.6. The summed E-state index contributed by atoms with van der Waals surface area (Å²) in [5.41, 5.74) is 1.11. The number of hydrogen-bond donors (Lipinski definition) is 0. The standard InChI is InChI=1S/C28H25FN2O5/c1-3-36-28(35)20-13-15-21(16-14-20)31-25(32)17-24(27(31)34)30(18(2)19-9-5-4-6-10-19)26(33)22-11-7-8-12-23(22)29/h4-16,18,24H,3,17H2,1-2H3. The number of nitrogens with zero attached hydrogens (tertiary/aromatic N) is 2. The summed E-state index contributed by atoms with van der Waals surface area (Å²) in [6, 6.07) is 18.7. The van der Waals surface area contributed by atoms with Crippen molar-refractivity contribution in [1.29, 1.82) is 0 Å². The molecule has 3 aromatic carbocycles. The molecule has 0 aliphatic carbocycles. The molecule has 1 aliphatic heterocycles. The lowest BCUT2D eigenvalue weighted by Gasteiger charge is -2.33. The Bertz CT molecular complexity index is 1290. The average Bonchev–Trinajstić information content (AvgIpc) is 3.18. The molecule has 8 heteroatoms. The SMILES string of the molecule is CCOC(=O)c1ccc(N2C(=O)CC(N(C(=O)c3ccccc3F)C(C)c3ccccc3)C2=O)cc1. The number of amides is 3. The second-order valence-corrected chi connectivity index (χ2v) is 8.33. The number of anilines is 1. The van der Waals surface area contributed by atoms with Crippen LogP contribution >= 0.6 is 0 Å². The maximum Gasteiger partial charge on any atom is 0.338 e. The minimum absolute atomic E-state index is 0.183. The normalized spacial score (nSPS) is 16.1. The van der Waals surface area contributed by atoms with E-state index in [-0.39, 0.29) is 29.8 Å². The Labute approximate surface area is 208 Å². The topological polar surface area (TPSA) is 84.0 Å². The Morgan fingerprint density at radius 3 is 2.28 bits per heavy atom. The fraction of sp³-hybridized carbons (Fsp3) is 0.214. The minimum atomic E-state index is -1.13. The molecule has 0 bridgehead atoms. The van der Waals surface area contributed by atoms with E-state index in [0.717, 1.165) is 10.5 Å². The van der Waals surface area contributed by atoms with Crippen LogP contribution in [-0.4, -0.2) is 41.2 Å². The second kappa shape index (κ2) is 10.5. The lowest BCUT2D eigenvalue weighted by molar-refractivity contribution is -0.123. The molecule has 0 spiro atoms. The van der Waals surface area contributed by atoms with Gasteiger partial charge in [-0.2, -0.15) is 0 Å². The van der Waals surface area contributed by atoms with Gasteiger partial charge in [-0.05, 0) is 55.8 Å². The Morgan fingerprint density at radius 2 is 1.64 bits per heavy atom. The van der Waals surface area contributed by atoms with Crippen molar-refractivity contribution in [2.24, 2.45) is 0 Å². The van der Waals surface area contributed by atoms with Crippen molar-refractivity contribution < 1.29 is 28.3 Å². The predicted octanol–water partition coefficient (Wildman–Crippen LogP) is 4.54. The molecule has 0 saturated carbocycles. The Balaban J connectivity index is 1.69. The van der Waals surface area contributed by atoms with E-state index in [2.05, 4.69) is 0 Å². The van der Waals surface area contributed by atoms with Crippen molar-refractivity contribution >= 4 is 29.4 Å². The summed E-state index contributed by atoms with van der Waals surface area (Å²) in [7, 11) is 0. The molecular weight excluding hydrogens is 463 g/mol. The Kier molecular flexibility index (Phi) is 7.24. The molecule has 2 unspecified atom stereocenters. The van der Waals surface area contributed by atoms with Gasteiger partial charge < -0.3 is 9.64 Å². The summed E-state index contributed by atoms with van der Waals surface area (Å²) in [6.07, 6.45) is -0.254. The number of carbonyl (C=O) groups is 4. The molecule has 0 aromatic heterocycles. The van der Waals surface area contributed by atoms with E-state index in [1.54, 1.807) is 44.2 Å². The van der Waals surface area contributed by atoms with Gasteiger partial charge in [0.05, 0.1) is 35.9 Å². The van der Waals surface area contributed by atoms with Crippen LogP contribution in [0.4, 0.5) is 10.1 Å². The molecule has 3 aromatic rings. The van der Waals surface area contributed by atoms with Crippen LogP contribution in [0.25, 0.3) is 0 Å². The molecule has 1 aliphatic rings. The van der Waals surface area contributed by atoms with Crippen LogP contribution in [0.15, 0.2) is 78.9 Å². The molecular formula is C28H25FN2O5. The van der Waals surface area contributed by atoms with E-state index in [0.29, 0.717) is 0 Å². The van der Waals surface area contributed by atoms with Gasteiger partial charge in [-0.3, -0.25) is 14.4 Å². The highest BCUT2D eigenvalue weighted by Crippen LogP contribution is 2.33. The number of carbonyl (C=O) groups excluding carboxylic acids is 4. The van der Waals surface area contributed by atoms with Gasteiger partial charge in [-0.15, -0.1) is 0 Å². The van der Waals surface area contributed by atoms with Gasteiger partial charge in [0.15, 0.2) is 0 Å². The van der Waals surface area contributed by atoms with Crippen molar-refractivity contribution in [2.45, 2.75) is 32.4 Å². The minimum Gasteiger partial charge on any atom is -0.462 e. The van der Waals surface area contributed by atoms with Gasteiger partial charge in [0, 0.05) is 0 Å². The van der Waals surface area contributed by atoms with E-state index >= 15 is 0 Å². The van der Waals surface area contributed by atoms with Gasteiger partial charge in [0.2, 0.25) is 5.91 Å². The van der Waals surface area contributed by atoms with E-state index < -0.39 is 41.6 Å². The molecule has 184 valence electrons. The Hall–Kier alpha value is -4.33. The van der Waals surface area contributed by atoms with Crippen LogP contribution < -0.4 is 4.90 Å². The first-order valence-electron chi connectivity index (χ1n) is 11.6. The summed E-state index contributed by atoms with van der Waals surface area (Å²) in [5, 5.41) is 0. The summed E-state index contributed by atoms with van der Waals surface area (Å²) in [5.74, 6) is -3.01. The molecule has 0 N–H and O–H groups in total. The molecule has 7 nitrogen and oxygen atoms in total. The summed E-state index contributed by atoms with van der Waals surface area (Å²) in [6.45, 7) is 3.65. The molecule has 36 heavy (non-hydrogen) atoms. The fourth-order valence-corrected chi connectivity index (χ4v) is 4.32. The smallest absolute Gasteiger partial charge is 0.338 e. The summed E-state index contributed by atoms with van der Waals surface area (Å²) < 4.78 is 19.5. The third kappa shape index (κ3) is 4.75. The highest BCUT2D eigenvalue weighted by atomic mass is 19.1. The third-order valence-electron chi connectivity index (χ3n) is 6.13. The van der Waals surface area contributed by atoms with Gasteiger partial charge in [0.25, 0.3) is 11.8 Å². The first-order chi connectivity index (χ1) is 17.3. The molecule has 1 saturated heterocycles. The van der Waals surface area contributed by atoms with Crippen molar-refractivity contribution in [3.63, 3.8) is 0 Å². The van der Waals surface area contributed by atoms with Gasteiger partial charge in [0.1, 0.15) is 11.9 Å². The lowest BCUT2D eigenvalue weighted by atomic mass is 10.0. The third-order valence-corrected chi connectivity index (χ3v) is 6.13. The number of esters is 1. The van der Waals surface area contributed by atoms with E-state index in [4.69, 9.17) is 4.74 Å². The first-order valence-corrected chi connectivity index (χ1v) is 11.6. The molecule has 1 heterocycles. The van der Waals surface area contributed by atoms with Gasteiger partial charge >= 0.3 is 5.97 Å². The number of imide groups is 1. The molecule has 4 rings (SSSR count). The molecule has 2 atom stereocenters. The van der Waals surface area contributed by atoms with Crippen molar-refractivity contribution in [1.82, 2.24) is 4.90 Å². The fourth-order valence-electron chi connectivity index (χ4n) is 4.32. The van der Waals surface area contributed by atoms with Crippen molar-refractivity contribution in [2.75, 3.05) is 11.5 Å². The highest BCUT2D eigenvalue weighted by Gasteiger charge is 2.46. The number of ether oxygens (including phenoxy) is 1. The molecule has 1 fully saturated rings. The maximum atomic E-state index is 14.6. The first kappa shape index (κ1) is 24.8. The highest BCUT2D eigenvalue weighted by molar-refractivity contribution is 6.23. The monoisotopic (exact) mass is 488 g/mol. The van der Waals surface area contributed by atoms with Crippen LogP contribution in [0.3, 0.4) is 0 Å². The lowest BCUT2D eigenvalue weighted by Crippen LogP contribution is -2.47. The van der Waals surface area contributed by atoms with Crippen molar-refractivity contribution in [3.8, 4) is 0 Å². The summed E-state index contributed by atoms with van der Waals surface area (Å²) >= 11 is 0. The number of rotatable bonds is 7. The number of benzene rings is 3. The predicted molar refractivity (Wildman–Crippen MR) is 131 cm³/mol. The van der Waals surface area contributed by atoms with Crippen LogP contribution in [0.1, 0.15) is 52.6 Å². The van der Waals surface area contributed by atoms with E-state index in [1.165, 1.54) is 47.4 Å².